The molecule has 0 atom stereocenters. The fourth-order valence-electron chi connectivity index (χ4n) is 1.51. The fraction of sp³-hybridized carbons (Fsp3) is 0.375. The van der Waals surface area contributed by atoms with Crippen molar-refractivity contribution in [3.8, 4) is 11.6 Å². The highest BCUT2D eigenvalue weighted by molar-refractivity contribution is 5.41. The molecule has 2 N–H and O–H groups in total. The van der Waals surface area contributed by atoms with Gasteiger partial charge < -0.3 is 10.2 Å². The quantitative estimate of drug-likeness (QED) is 0.581. The van der Waals surface area contributed by atoms with Crippen LogP contribution in [-0.2, 0) is 12.8 Å². The van der Waals surface area contributed by atoms with Crippen LogP contribution in [0.1, 0.15) is 17.7 Å². The standard InChI is InChI=1S/C8H9NO2/c10-7-4-8(11)9-6-3-1-2-5(6)7/h4H,1-3H2,(H2,9,10,11). The van der Waals surface area contributed by atoms with Crippen molar-refractivity contribution in [2.24, 2.45) is 0 Å². The van der Waals surface area contributed by atoms with E-state index in [0.29, 0.717) is 0 Å². The van der Waals surface area contributed by atoms with Gasteiger partial charge >= 0.3 is 0 Å². The highest BCUT2D eigenvalue weighted by atomic mass is 16.3. The van der Waals surface area contributed by atoms with Crippen LogP contribution >= 0.6 is 0 Å². The van der Waals surface area contributed by atoms with E-state index in [-0.39, 0.29) is 11.6 Å². The Hall–Kier alpha value is -1.25. The third kappa shape index (κ3) is 0.926. The molecule has 11 heavy (non-hydrogen) atoms. The first-order valence-electron chi connectivity index (χ1n) is 3.68. The smallest absolute Gasteiger partial charge is 0.214 e. The van der Waals surface area contributed by atoms with Gasteiger partial charge in [-0.15, -0.1) is 0 Å². The normalized spacial score (nSPS) is 14.9. The number of aromatic nitrogens is 1. The Bertz CT molecular complexity index is 296. The van der Waals surface area contributed by atoms with E-state index in [1.54, 1.807) is 0 Å². The summed E-state index contributed by atoms with van der Waals surface area (Å²) in [5.74, 6) is 0.105. The minimum atomic E-state index is -0.0804. The van der Waals surface area contributed by atoms with E-state index in [1.807, 2.05) is 0 Å². The fourth-order valence-corrected chi connectivity index (χ4v) is 1.51. The Morgan fingerprint density at radius 2 is 2.09 bits per heavy atom. The molecule has 58 valence electrons. The molecule has 0 aromatic carbocycles. The summed E-state index contributed by atoms with van der Waals surface area (Å²) in [7, 11) is 0. The number of aryl methyl sites for hydroxylation is 1. The average Bonchev–Trinajstić information content (AvgIpc) is 2.34. The molecule has 1 aliphatic carbocycles. The van der Waals surface area contributed by atoms with Gasteiger partial charge in [-0.2, -0.15) is 0 Å². The molecule has 1 heterocycles. The molecule has 3 nitrogen and oxygen atoms in total. The second-order valence-electron chi connectivity index (χ2n) is 2.78. The number of fused-ring (bicyclic) bond motifs is 1. The maximum absolute atomic E-state index is 9.31. The molecule has 1 aromatic rings. The Kier molecular flexibility index (Phi) is 1.24. The second kappa shape index (κ2) is 2.12. The first kappa shape index (κ1) is 6.46. The molecular weight excluding hydrogens is 142 g/mol. The van der Waals surface area contributed by atoms with Crippen LogP contribution in [0, 0.1) is 0 Å². The van der Waals surface area contributed by atoms with Crippen molar-refractivity contribution in [1.82, 2.24) is 4.98 Å². The van der Waals surface area contributed by atoms with Crippen LogP contribution in [-0.4, -0.2) is 15.2 Å². The van der Waals surface area contributed by atoms with Gasteiger partial charge in [-0.1, -0.05) is 0 Å². The van der Waals surface area contributed by atoms with Crippen LogP contribution in [0.2, 0.25) is 0 Å². The molecule has 0 amide bonds. The van der Waals surface area contributed by atoms with Gasteiger partial charge in [0.05, 0.1) is 5.69 Å². The van der Waals surface area contributed by atoms with Crippen LogP contribution in [0.15, 0.2) is 6.07 Å². The van der Waals surface area contributed by atoms with E-state index in [0.717, 1.165) is 30.5 Å². The van der Waals surface area contributed by atoms with Gasteiger partial charge in [0.25, 0.3) is 0 Å². The number of hydrogen-bond acceptors (Lipinski definition) is 3. The van der Waals surface area contributed by atoms with Crippen molar-refractivity contribution < 1.29 is 10.2 Å². The van der Waals surface area contributed by atoms with Crippen molar-refractivity contribution >= 4 is 0 Å². The average molecular weight is 151 g/mol. The number of hydrogen-bond donors (Lipinski definition) is 2. The highest BCUT2D eigenvalue weighted by Crippen LogP contribution is 2.30. The summed E-state index contributed by atoms with van der Waals surface area (Å²) < 4.78 is 0. The van der Waals surface area contributed by atoms with Crippen molar-refractivity contribution in [3.63, 3.8) is 0 Å². The van der Waals surface area contributed by atoms with E-state index in [2.05, 4.69) is 4.98 Å². The van der Waals surface area contributed by atoms with Crippen LogP contribution < -0.4 is 0 Å². The summed E-state index contributed by atoms with van der Waals surface area (Å²) in [5.41, 5.74) is 1.75. The Labute approximate surface area is 64.3 Å². The Morgan fingerprint density at radius 3 is 2.91 bits per heavy atom. The van der Waals surface area contributed by atoms with Gasteiger partial charge in [0.2, 0.25) is 5.88 Å². The topological polar surface area (TPSA) is 53.4 Å². The van der Waals surface area contributed by atoms with Crippen LogP contribution in [0.5, 0.6) is 11.6 Å². The van der Waals surface area contributed by atoms with E-state index >= 15 is 0 Å². The maximum Gasteiger partial charge on any atom is 0.214 e. The number of rotatable bonds is 0. The predicted octanol–water partition coefficient (Wildman–Crippen LogP) is 0.982. The monoisotopic (exact) mass is 151 g/mol. The Morgan fingerprint density at radius 1 is 1.27 bits per heavy atom. The SMILES string of the molecule is Oc1cc(O)c2c(n1)CCC2. The third-order valence-electron chi connectivity index (χ3n) is 2.01. The van der Waals surface area contributed by atoms with Gasteiger partial charge in [-0.05, 0) is 19.3 Å². The first-order chi connectivity index (χ1) is 5.27. The highest BCUT2D eigenvalue weighted by Gasteiger charge is 2.16. The van der Waals surface area contributed by atoms with Crippen LogP contribution in [0.3, 0.4) is 0 Å². The Balaban J connectivity index is 2.60. The number of pyridine rings is 1. The van der Waals surface area contributed by atoms with Crippen molar-refractivity contribution in [1.29, 1.82) is 0 Å². The zero-order chi connectivity index (χ0) is 7.84. The van der Waals surface area contributed by atoms with Gasteiger partial charge in [-0.3, -0.25) is 0 Å². The molecule has 0 unspecified atom stereocenters. The van der Waals surface area contributed by atoms with E-state index < -0.39 is 0 Å². The zero-order valence-electron chi connectivity index (χ0n) is 6.04. The molecule has 0 spiro atoms. The minimum Gasteiger partial charge on any atom is -0.507 e. The largest absolute Gasteiger partial charge is 0.507 e. The minimum absolute atomic E-state index is 0.0804. The zero-order valence-corrected chi connectivity index (χ0v) is 6.04. The summed E-state index contributed by atoms with van der Waals surface area (Å²) in [4.78, 5) is 3.91. The molecule has 2 rings (SSSR count). The summed E-state index contributed by atoms with van der Waals surface area (Å²) in [6.45, 7) is 0. The van der Waals surface area contributed by atoms with Gasteiger partial charge in [0.15, 0.2) is 0 Å². The molecule has 3 heteroatoms. The second-order valence-corrected chi connectivity index (χ2v) is 2.78. The summed E-state index contributed by atoms with van der Waals surface area (Å²) in [6, 6.07) is 1.30. The first-order valence-corrected chi connectivity index (χ1v) is 3.68. The lowest BCUT2D eigenvalue weighted by atomic mass is 10.2. The molecule has 0 saturated heterocycles. The molecule has 0 bridgehead atoms. The molecule has 1 aliphatic rings. The third-order valence-corrected chi connectivity index (χ3v) is 2.01. The van der Waals surface area contributed by atoms with Crippen molar-refractivity contribution in [2.45, 2.75) is 19.3 Å². The number of aromatic hydroxyl groups is 2. The van der Waals surface area contributed by atoms with E-state index in [1.165, 1.54) is 6.07 Å². The summed E-state index contributed by atoms with van der Waals surface area (Å²) >= 11 is 0. The lowest BCUT2D eigenvalue weighted by molar-refractivity contribution is 0.431. The van der Waals surface area contributed by atoms with Gasteiger partial charge in [0, 0.05) is 11.6 Å². The summed E-state index contributed by atoms with van der Waals surface area (Å²) in [6.07, 6.45) is 2.78. The summed E-state index contributed by atoms with van der Waals surface area (Å²) in [5, 5.41) is 18.3. The lowest BCUT2D eigenvalue weighted by Gasteiger charge is -2.01. The van der Waals surface area contributed by atoms with E-state index in [9.17, 15) is 5.11 Å². The molecule has 1 aromatic heterocycles. The van der Waals surface area contributed by atoms with E-state index in [4.69, 9.17) is 5.11 Å². The van der Waals surface area contributed by atoms with Gasteiger partial charge in [0.1, 0.15) is 5.75 Å². The molecule has 0 saturated carbocycles. The molecular formula is C8H9NO2. The van der Waals surface area contributed by atoms with Crippen LogP contribution in [0.25, 0.3) is 0 Å². The lowest BCUT2D eigenvalue weighted by Crippen LogP contribution is -1.87. The maximum atomic E-state index is 9.31. The molecule has 0 radical (unpaired) electrons. The predicted molar refractivity (Wildman–Crippen MR) is 39.6 cm³/mol. The van der Waals surface area contributed by atoms with Crippen LogP contribution in [0.4, 0.5) is 0 Å². The van der Waals surface area contributed by atoms with Gasteiger partial charge in [-0.25, -0.2) is 4.98 Å². The van der Waals surface area contributed by atoms with Crippen molar-refractivity contribution in [3.05, 3.63) is 17.3 Å². The van der Waals surface area contributed by atoms with Crippen molar-refractivity contribution in [2.75, 3.05) is 0 Å². The number of nitrogens with zero attached hydrogens (tertiary/aromatic N) is 1. The molecule has 0 aliphatic heterocycles. The molecule has 0 fully saturated rings.